The van der Waals surface area contributed by atoms with Crippen molar-refractivity contribution in [1.29, 1.82) is 0 Å². The minimum absolute atomic E-state index is 0.585. The van der Waals surface area contributed by atoms with E-state index in [1.165, 1.54) is 5.56 Å². The van der Waals surface area contributed by atoms with E-state index < -0.39 is 0 Å². The van der Waals surface area contributed by atoms with E-state index in [0.717, 1.165) is 31.9 Å². The first-order valence-corrected chi connectivity index (χ1v) is 6.27. The molecule has 0 heterocycles. The van der Waals surface area contributed by atoms with Gasteiger partial charge < -0.3 is 19.5 Å². The van der Waals surface area contributed by atoms with E-state index in [-0.39, 0.29) is 0 Å². The molecule has 0 aliphatic rings. The van der Waals surface area contributed by atoms with Crippen molar-refractivity contribution in [2.45, 2.75) is 13.0 Å². The standard InChI is InChI=1S/C14H23NO3/c1-16-8-4-7-15-12-13-5-3-6-14(11-13)18-10-9-17-2/h3,5-6,11,15H,4,7-10,12H2,1-2H3. The van der Waals surface area contributed by atoms with Gasteiger partial charge in [-0.05, 0) is 30.7 Å². The molecule has 0 amide bonds. The van der Waals surface area contributed by atoms with E-state index >= 15 is 0 Å². The largest absolute Gasteiger partial charge is 0.491 e. The number of methoxy groups -OCH3 is 2. The lowest BCUT2D eigenvalue weighted by atomic mass is 10.2. The van der Waals surface area contributed by atoms with Crippen molar-refractivity contribution in [2.75, 3.05) is 40.6 Å². The second kappa shape index (κ2) is 9.88. The lowest BCUT2D eigenvalue weighted by Gasteiger charge is -2.08. The second-order valence-corrected chi connectivity index (χ2v) is 4.01. The number of nitrogens with one attached hydrogen (secondary N) is 1. The molecule has 0 spiro atoms. The van der Waals surface area contributed by atoms with Crippen LogP contribution in [0.3, 0.4) is 0 Å². The van der Waals surface area contributed by atoms with Gasteiger partial charge in [0.1, 0.15) is 12.4 Å². The Labute approximate surface area is 109 Å². The summed E-state index contributed by atoms with van der Waals surface area (Å²) in [6.07, 6.45) is 1.03. The Bertz CT molecular complexity index is 318. The smallest absolute Gasteiger partial charge is 0.119 e. The Morgan fingerprint density at radius 3 is 2.67 bits per heavy atom. The predicted octanol–water partition coefficient (Wildman–Crippen LogP) is 1.84. The van der Waals surface area contributed by atoms with Crippen LogP contribution in [0.1, 0.15) is 12.0 Å². The number of benzene rings is 1. The molecule has 1 N–H and O–H groups in total. The molecule has 0 atom stereocenters. The molecule has 0 aromatic heterocycles. The van der Waals surface area contributed by atoms with Crippen molar-refractivity contribution in [3.63, 3.8) is 0 Å². The molecular weight excluding hydrogens is 230 g/mol. The topological polar surface area (TPSA) is 39.7 Å². The van der Waals surface area contributed by atoms with Crippen LogP contribution in [0, 0.1) is 0 Å². The van der Waals surface area contributed by atoms with E-state index in [4.69, 9.17) is 14.2 Å². The Morgan fingerprint density at radius 2 is 1.89 bits per heavy atom. The van der Waals surface area contributed by atoms with Gasteiger partial charge in [0.15, 0.2) is 0 Å². The van der Waals surface area contributed by atoms with Gasteiger partial charge in [0, 0.05) is 27.4 Å². The molecule has 4 nitrogen and oxygen atoms in total. The highest BCUT2D eigenvalue weighted by Crippen LogP contribution is 2.13. The highest BCUT2D eigenvalue weighted by molar-refractivity contribution is 5.28. The fourth-order valence-electron chi connectivity index (χ4n) is 1.56. The number of ether oxygens (including phenoxy) is 3. The van der Waals surface area contributed by atoms with E-state index in [0.29, 0.717) is 13.2 Å². The van der Waals surface area contributed by atoms with Crippen LogP contribution in [0.5, 0.6) is 5.75 Å². The normalized spacial score (nSPS) is 10.6. The first kappa shape index (κ1) is 15.0. The highest BCUT2D eigenvalue weighted by atomic mass is 16.5. The number of hydrogen-bond acceptors (Lipinski definition) is 4. The van der Waals surface area contributed by atoms with Crippen LogP contribution in [0.25, 0.3) is 0 Å². The Morgan fingerprint density at radius 1 is 1.06 bits per heavy atom. The van der Waals surface area contributed by atoms with Crippen molar-refractivity contribution < 1.29 is 14.2 Å². The third kappa shape index (κ3) is 6.59. The van der Waals surface area contributed by atoms with Gasteiger partial charge in [-0.25, -0.2) is 0 Å². The molecule has 18 heavy (non-hydrogen) atoms. The van der Waals surface area contributed by atoms with Crippen molar-refractivity contribution in [3.8, 4) is 5.75 Å². The summed E-state index contributed by atoms with van der Waals surface area (Å²) in [7, 11) is 3.39. The van der Waals surface area contributed by atoms with Crippen molar-refractivity contribution in [1.82, 2.24) is 5.32 Å². The predicted molar refractivity (Wildman–Crippen MR) is 72.0 cm³/mol. The van der Waals surface area contributed by atoms with Gasteiger partial charge in [-0.2, -0.15) is 0 Å². The third-order valence-electron chi connectivity index (χ3n) is 2.49. The maximum Gasteiger partial charge on any atom is 0.119 e. The maximum atomic E-state index is 5.56. The maximum absolute atomic E-state index is 5.56. The monoisotopic (exact) mass is 253 g/mol. The van der Waals surface area contributed by atoms with Gasteiger partial charge >= 0.3 is 0 Å². The summed E-state index contributed by atoms with van der Waals surface area (Å²) in [5, 5.41) is 3.37. The highest BCUT2D eigenvalue weighted by Gasteiger charge is 1.97. The molecule has 0 fully saturated rings. The molecule has 4 heteroatoms. The fourth-order valence-corrected chi connectivity index (χ4v) is 1.56. The molecular formula is C14H23NO3. The molecule has 0 radical (unpaired) electrons. The number of hydrogen-bond donors (Lipinski definition) is 1. The van der Waals surface area contributed by atoms with Crippen LogP contribution in [0.2, 0.25) is 0 Å². The zero-order valence-corrected chi connectivity index (χ0v) is 11.3. The Balaban J connectivity index is 2.26. The number of rotatable bonds is 10. The second-order valence-electron chi connectivity index (χ2n) is 4.01. The summed E-state index contributed by atoms with van der Waals surface area (Å²) in [6, 6.07) is 8.11. The molecule has 0 bridgehead atoms. The molecule has 1 aromatic rings. The average Bonchev–Trinajstić information content (AvgIpc) is 2.39. The van der Waals surface area contributed by atoms with Crippen molar-refractivity contribution >= 4 is 0 Å². The van der Waals surface area contributed by atoms with Gasteiger partial charge in [-0.15, -0.1) is 0 Å². The molecule has 102 valence electrons. The van der Waals surface area contributed by atoms with E-state index in [9.17, 15) is 0 Å². The van der Waals surface area contributed by atoms with Crippen LogP contribution in [-0.2, 0) is 16.0 Å². The lowest BCUT2D eigenvalue weighted by Crippen LogP contribution is -2.16. The zero-order valence-electron chi connectivity index (χ0n) is 11.3. The Kier molecular flexibility index (Phi) is 8.21. The van der Waals surface area contributed by atoms with E-state index in [1.807, 2.05) is 12.1 Å². The van der Waals surface area contributed by atoms with Crippen LogP contribution in [0.15, 0.2) is 24.3 Å². The zero-order chi connectivity index (χ0) is 13.1. The lowest BCUT2D eigenvalue weighted by molar-refractivity contribution is 0.146. The van der Waals surface area contributed by atoms with E-state index in [2.05, 4.69) is 17.4 Å². The molecule has 0 saturated carbocycles. The first-order chi connectivity index (χ1) is 8.86. The van der Waals surface area contributed by atoms with Crippen LogP contribution in [0.4, 0.5) is 0 Å². The SMILES string of the molecule is COCCCNCc1cccc(OCCOC)c1. The minimum Gasteiger partial charge on any atom is -0.491 e. The minimum atomic E-state index is 0.585. The summed E-state index contributed by atoms with van der Waals surface area (Å²) in [6.45, 7) is 3.81. The third-order valence-corrected chi connectivity index (χ3v) is 2.49. The van der Waals surface area contributed by atoms with Gasteiger partial charge in [0.05, 0.1) is 6.61 Å². The quantitative estimate of drug-likeness (QED) is 0.646. The molecule has 0 aliphatic carbocycles. The van der Waals surface area contributed by atoms with Crippen LogP contribution < -0.4 is 10.1 Å². The Hall–Kier alpha value is -1.10. The summed E-state index contributed by atoms with van der Waals surface area (Å²) >= 11 is 0. The van der Waals surface area contributed by atoms with Crippen LogP contribution >= 0.6 is 0 Å². The molecule has 1 rings (SSSR count). The summed E-state index contributed by atoms with van der Waals surface area (Å²) in [4.78, 5) is 0. The van der Waals surface area contributed by atoms with Gasteiger partial charge in [0.2, 0.25) is 0 Å². The molecule has 0 saturated heterocycles. The summed E-state index contributed by atoms with van der Waals surface area (Å²) in [5.74, 6) is 0.892. The average molecular weight is 253 g/mol. The summed E-state index contributed by atoms with van der Waals surface area (Å²) < 4.78 is 15.5. The molecule has 1 aromatic carbocycles. The van der Waals surface area contributed by atoms with Gasteiger partial charge in [0.25, 0.3) is 0 Å². The van der Waals surface area contributed by atoms with Crippen LogP contribution in [-0.4, -0.2) is 40.6 Å². The first-order valence-electron chi connectivity index (χ1n) is 6.27. The summed E-state index contributed by atoms with van der Waals surface area (Å²) in [5.41, 5.74) is 1.22. The van der Waals surface area contributed by atoms with Gasteiger partial charge in [-0.1, -0.05) is 12.1 Å². The van der Waals surface area contributed by atoms with Crippen molar-refractivity contribution in [3.05, 3.63) is 29.8 Å². The molecule has 0 unspecified atom stereocenters. The molecule has 0 aliphatic heterocycles. The van der Waals surface area contributed by atoms with E-state index in [1.54, 1.807) is 14.2 Å². The van der Waals surface area contributed by atoms with Gasteiger partial charge in [-0.3, -0.25) is 0 Å². The fraction of sp³-hybridized carbons (Fsp3) is 0.571. The van der Waals surface area contributed by atoms with Crippen molar-refractivity contribution in [2.24, 2.45) is 0 Å².